The van der Waals surface area contributed by atoms with Gasteiger partial charge in [0.2, 0.25) is 0 Å². The van der Waals surface area contributed by atoms with Gasteiger partial charge in [-0.15, -0.1) is 11.3 Å². The van der Waals surface area contributed by atoms with Crippen LogP contribution in [0.3, 0.4) is 0 Å². The van der Waals surface area contributed by atoms with Crippen molar-refractivity contribution in [1.29, 1.82) is 0 Å². The van der Waals surface area contributed by atoms with Gasteiger partial charge in [-0.3, -0.25) is 4.99 Å². The van der Waals surface area contributed by atoms with Gasteiger partial charge in [-0.05, 0) is 82.6 Å². The smallest absolute Gasteiger partial charge is 0.162 e. The Labute approximate surface area is 351 Å². The molecule has 1 atom stereocenters. The van der Waals surface area contributed by atoms with Gasteiger partial charge in [-0.1, -0.05) is 152 Å². The largest absolute Gasteiger partial charge is 0.454 e. The Morgan fingerprint density at radius 3 is 2.22 bits per heavy atom. The Balaban J connectivity index is 0.957. The molecule has 10 aromatic rings. The monoisotopic (exact) mass is 787 g/mol. The van der Waals surface area contributed by atoms with Gasteiger partial charge in [-0.2, -0.15) is 0 Å². The quantitative estimate of drug-likeness (QED) is 0.183. The molecule has 5 heteroatoms. The van der Waals surface area contributed by atoms with E-state index in [1.165, 1.54) is 42.4 Å². The van der Waals surface area contributed by atoms with Gasteiger partial charge in [0.15, 0.2) is 5.58 Å². The average molecular weight is 788 g/mol. The number of hydrogen-bond acceptors (Lipinski definition) is 5. The van der Waals surface area contributed by atoms with E-state index < -0.39 is 0 Å². The Kier molecular flexibility index (Phi) is 8.20. The van der Waals surface area contributed by atoms with Crippen molar-refractivity contribution in [3.63, 3.8) is 0 Å². The van der Waals surface area contributed by atoms with Gasteiger partial charge >= 0.3 is 0 Å². The van der Waals surface area contributed by atoms with E-state index in [1.807, 2.05) is 23.5 Å². The summed E-state index contributed by atoms with van der Waals surface area (Å²) >= 11 is 1.85. The normalized spacial score (nSPS) is 15.4. The number of rotatable bonds is 6. The second kappa shape index (κ2) is 14.2. The molecule has 0 radical (unpaired) electrons. The van der Waals surface area contributed by atoms with Gasteiger partial charge < -0.3 is 9.73 Å². The summed E-state index contributed by atoms with van der Waals surface area (Å²) in [5.41, 5.74) is 14.6. The van der Waals surface area contributed by atoms with Gasteiger partial charge in [0.05, 0.1) is 11.2 Å². The molecule has 0 saturated carbocycles. The van der Waals surface area contributed by atoms with E-state index in [9.17, 15) is 0 Å². The van der Waals surface area contributed by atoms with E-state index >= 15 is 0 Å². The summed E-state index contributed by atoms with van der Waals surface area (Å²) in [5.74, 6) is 0. The summed E-state index contributed by atoms with van der Waals surface area (Å²) in [6.45, 7) is 0. The van der Waals surface area contributed by atoms with Crippen LogP contribution in [0.25, 0.3) is 92.2 Å². The molecule has 7 aromatic carbocycles. The summed E-state index contributed by atoms with van der Waals surface area (Å²) in [7, 11) is 0. The molecule has 0 spiro atoms. The molecule has 0 amide bonds. The number of nitrogens with zero attached hydrogens (tertiary/aromatic N) is 2. The minimum atomic E-state index is -0.173. The topological polar surface area (TPSA) is 50.4 Å². The van der Waals surface area contributed by atoms with Crippen molar-refractivity contribution < 1.29 is 4.42 Å². The first-order chi connectivity index (χ1) is 29.7. The number of hydrogen-bond donors (Lipinski definition) is 1. The zero-order chi connectivity index (χ0) is 39.6. The molecule has 60 heavy (non-hydrogen) atoms. The molecule has 4 nitrogen and oxygen atoms in total. The fourth-order valence-corrected chi connectivity index (χ4v) is 10.2. The zero-order valence-corrected chi connectivity index (χ0v) is 33.4. The van der Waals surface area contributed by atoms with Crippen molar-refractivity contribution in [2.45, 2.75) is 19.0 Å². The van der Waals surface area contributed by atoms with Gasteiger partial charge in [-0.25, -0.2) is 4.98 Å². The highest BCUT2D eigenvalue weighted by Crippen LogP contribution is 2.42. The van der Waals surface area contributed by atoms with Crippen molar-refractivity contribution in [2.24, 2.45) is 4.99 Å². The van der Waals surface area contributed by atoms with Crippen LogP contribution in [0.1, 0.15) is 24.0 Å². The molecule has 284 valence electrons. The molecule has 0 saturated heterocycles. The highest BCUT2D eigenvalue weighted by atomic mass is 32.1. The summed E-state index contributed by atoms with van der Waals surface area (Å²) in [5, 5.41) is 9.70. The maximum Gasteiger partial charge on any atom is 0.162 e. The predicted molar refractivity (Wildman–Crippen MR) is 253 cm³/mol. The van der Waals surface area contributed by atoms with Crippen LogP contribution in [0, 0.1) is 0 Å². The second-order valence-electron chi connectivity index (χ2n) is 15.6. The number of allylic oxidation sites excluding steroid dienone is 4. The fourth-order valence-electron chi connectivity index (χ4n) is 9.04. The average Bonchev–Trinajstić information content (AvgIpc) is 3.91. The van der Waals surface area contributed by atoms with Crippen molar-refractivity contribution in [2.75, 3.05) is 0 Å². The lowest BCUT2D eigenvalue weighted by Gasteiger charge is -2.27. The van der Waals surface area contributed by atoms with Crippen LogP contribution in [0.4, 0.5) is 0 Å². The Morgan fingerprint density at radius 1 is 0.583 bits per heavy atom. The summed E-state index contributed by atoms with van der Waals surface area (Å²) < 4.78 is 9.24. The molecule has 12 rings (SSSR count). The minimum absolute atomic E-state index is 0.173. The highest BCUT2D eigenvalue weighted by molar-refractivity contribution is 7.25. The van der Waals surface area contributed by atoms with Crippen LogP contribution >= 0.6 is 11.3 Å². The number of fused-ring (bicyclic) bond motifs is 8. The lowest BCUT2D eigenvalue weighted by atomic mass is 9.95. The fraction of sp³-hybridized carbons (Fsp3) is 0.0545. The lowest BCUT2D eigenvalue weighted by Crippen LogP contribution is -2.33. The Morgan fingerprint density at radius 2 is 1.33 bits per heavy atom. The molecular weight excluding hydrogens is 751 g/mol. The Hall–Kier alpha value is -7.34. The van der Waals surface area contributed by atoms with Crippen molar-refractivity contribution in [1.82, 2.24) is 10.3 Å². The number of furan rings is 1. The van der Waals surface area contributed by atoms with E-state index in [4.69, 9.17) is 14.4 Å². The number of thiophene rings is 1. The van der Waals surface area contributed by atoms with E-state index in [0.29, 0.717) is 0 Å². The number of benzene rings is 7. The van der Waals surface area contributed by atoms with Crippen molar-refractivity contribution in [3.8, 4) is 33.5 Å². The third-order valence-corrected chi connectivity index (χ3v) is 13.1. The molecule has 4 heterocycles. The summed E-state index contributed by atoms with van der Waals surface area (Å²) in [4.78, 5) is 10.7. The van der Waals surface area contributed by atoms with Crippen LogP contribution in [0.5, 0.6) is 0 Å². The van der Waals surface area contributed by atoms with E-state index in [0.717, 1.165) is 85.0 Å². The predicted octanol–water partition coefficient (Wildman–Crippen LogP) is 14.5. The highest BCUT2D eigenvalue weighted by Gasteiger charge is 2.23. The summed E-state index contributed by atoms with van der Waals surface area (Å²) in [6.07, 6.45) is 10.6. The molecule has 2 aliphatic rings. The SMILES string of the molecule is C1=CCCC(C2N=C(c3cccc(-c4cccc5sc6ccccc6c45)c3)C=C(c3ccc(-c4nc5cc(-c6ccccc6)ccc5c5c4oc4ccccc45)cc3)N2)=C1. The second-order valence-corrected chi connectivity index (χ2v) is 16.7. The van der Waals surface area contributed by atoms with Gasteiger partial charge in [0.1, 0.15) is 17.4 Å². The first kappa shape index (κ1) is 34.7. The third-order valence-electron chi connectivity index (χ3n) is 12.0. The van der Waals surface area contributed by atoms with Crippen LogP contribution < -0.4 is 5.32 Å². The van der Waals surface area contributed by atoms with E-state index in [1.54, 1.807) is 0 Å². The summed E-state index contributed by atoms with van der Waals surface area (Å²) in [6, 6.07) is 58.4. The van der Waals surface area contributed by atoms with Crippen LogP contribution in [0.15, 0.2) is 203 Å². The minimum Gasteiger partial charge on any atom is -0.454 e. The molecule has 3 aromatic heterocycles. The lowest BCUT2D eigenvalue weighted by molar-refractivity contribution is 0.668. The van der Waals surface area contributed by atoms with E-state index in [2.05, 4.69) is 181 Å². The first-order valence-electron chi connectivity index (χ1n) is 20.6. The maximum atomic E-state index is 6.62. The molecule has 1 aliphatic carbocycles. The molecule has 0 bridgehead atoms. The molecule has 1 unspecified atom stereocenters. The maximum absolute atomic E-state index is 6.62. The van der Waals surface area contributed by atoms with Crippen molar-refractivity contribution >= 4 is 75.8 Å². The van der Waals surface area contributed by atoms with Crippen molar-refractivity contribution in [3.05, 3.63) is 205 Å². The number of para-hydroxylation sites is 1. The van der Waals surface area contributed by atoms with Gasteiger partial charge in [0.25, 0.3) is 0 Å². The zero-order valence-electron chi connectivity index (χ0n) is 32.6. The first-order valence-corrected chi connectivity index (χ1v) is 21.4. The van der Waals surface area contributed by atoms with E-state index in [-0.39, 0.29) is 6.17 Å². The van der Waals surface area contributed by atoms with Crippen LogP contribution in [-0.2, 0) is 0 Å². The molecule has 1 aliphatic heterocycles. The third kappa shape index (κ3) is 5.89. The Bertz CT molecular complexity index is 3460. The molecular formula is C55H37N3OS. The number of aromatic nitrogens is 1. The van der Waals surface area contributed by atoms with Gasteiger partial charge in [0, 0.05) is 53.2 Å². The molecule has 1 N–H and O–H groups in total. The number of aliphatic imine (C=N–C) groups is 1. The standard InChI is InChI=1S/C55H37N3OS/c1-3-13-34(14-4-1)38-29-30-42-47(32-38)56-53(54-52(42)43-19-7-9-22-48(43)59-54)36-27-25-35(26-28-36)45-33-46(58-55(57-45)37-15-5-2-6-16-37)40-18-11-17-39(31-40)41-21-12-24-50-51(41)44-20-8-10-23-49(44)60-50/h1-5,7-15,17-33,55,57H,6,16H2. The van der Waals surface area contributed by atoms with Crippen LogP contribution in [-0.4, -0.2) is 16.9 Å². The van der Waals surface area contributed by atoms with Crippen LogP contribution in [0.2, 0.25) is 0 Å². The number of nitrogens with one attached hydrogen (secondary N) is 1. The number of pyridine rings is 1. The molecule has 0 fully saturated rings.